The molecule has 1 unspecified atom stereocenters. The van der Waals surface area contributed by atoms with Gasteiger partial charge in [-0.25, -0.2) is 4.39 Å². The Labute approximate surface area is 164 Å². The highest BCUT2D eigenvalue weighted by Gasteiger charge is 2.33. The van der Waals surface area contributed by atoms with Crippen molar-refractivity contribution in [2.75, 3.05) is 26.2 Å². The topological polar surface area (TPSA) is 56.8 Å². The van der Waals surface area contributed by atoms with Crippen LogP contribution in [0, 0.1) is 5.82 Å². The summed E-state index contributed by atoms with van der Waals surface area (Å²) in [5.74, 6) is -0.405. The van der Waals surface area contributed by atoms with Crippen LogP contribution < -0.4 is 5.32 Å². The van der Waals surface area contributed by atoms with Crippen LogP contribution in [0.4, 0.5) is 17.6 Å². The van der Waals surface area contributed by atoms with Gasteiger partial charge < -0.3 is 5.32 Å². The van der Waals surface area contributed by atoms with Crippen molar-refractivity contribution in [3.05, 3.63) is 71.4 Å². The summed E-state index contributed by atoms with van der Waals surface area (Å²) in [7, 11) is 0. The minimum absolute atomic E-state index is 0.354. The van der Waals surface area contributed by atoms with E-state index in [4.69, 9.17) is 0 Å². The second-order valence-electron chi connectivity index (χ2n) is 6.84. The number of halogens is 4. The first-order chi connectivity index (χ1) is 13.9. The van der Waals surface area contributed by atoms with Crippen molar-refractivity contribution in [2.24, 2.45) is 0 Å². The highest BCUT2D eigenvalue weighted by molar-refractivity contribution is 5.64. The molecule has 0 aliphatic carbocycles. The van der Waals surface area contributed by atoms with Crippen LogP contribution >= 0.6 is 0 Å². The van der Waals surface area contributed by atoms with Gasteiger partial charge in [-0.15, -0.1) is 0 Å². The van der Waals surface area contributed by atoms with Gasteiger partial charge in [0.2, 0.25) is 0 Å². The van der Waals surface area contributed by atoms with E-state index < -0.39 is 23.6 Å². The number of aromatic amines is 1. The zero-order chi connectivity index (χ0) is 20.4. The number of rotatable bonds is 4. The minimum Gasteiger partial charge on any atom is -0.314 e. The van der Waals surface area contributed by atoms with Gasteiger partial charge in [-0.3, -0.25) is 15.0 Å². The quantitative estimate of drug-likeness (QED) is 0.651. The van der Waals surface area contributed by atoms with Gasteiger partial charge in [0.15, 0.2) is 0 Å². The third-order valence-electron chi connectivity index (χ3n) is 5.02. The Kier molecular flexibility index (Phi) is 5.33. The monoisotopic (exact) mass is 405 g/mol. The molecule has 0 radical (unpaired) electrons. The number of pyridine rings is 1. The summed E-state index contributed by atoms with van der Waals surface area (Å²) in [5.41, 5.74) is 1.17. The molecule has 5 nitrogen and oxygen atoms in total. The number of aromatic nitrogens is 3. The van der Waals surface area contributed by atoms with Crippen LogP contribution in [0.3, 0.4) is 0 Å². The highest BCUT2D eigenvalue weighted by Crippen LogP contribution is 2.36. The number of hydrogen-bond acceptors (Lipinski definition) is 4. The second kappa shape index (κ2) is 7.92. The number of hydrogen-bond donors (Lipinski definition) is 2. The van der Waals surface area contributed by atoms with E-state index in [1.807, 2.05) is 0 Å². The lowest BCUT2D eigenvalue weighted by atomic mass is 9.97. The van der Waals surface area contributed by atoms with Gasteiger partial charge in [0.25, 0.3) is 0 Å². The largest absolute Gasteiger partial charge is 0.417 e. The third kappa shape index (κ3) is 4.01. The van der Waals surface area contributed by atoms with E-state index in [0.717, 1.165) is 25.4 Å². The van der Waals surface area contributed by atoms with Crippen LogP contribution in [-0.4, -0.2) is 46.3 Å². The zero-order valence-corrected chi connectivity index (χ0v) is 15.4. The molecular weight excluding hydrogens is 386 g/mol. The molecule has 3 aromatic rings. The first kappa shape index (κ1) is 19.5. The summed E-state index contributed by atoms with van der Waals surface area (Å²) >= 11 is 0. The Morgan fingerprint density at radius 1 is 1.00 bits per heavy atom. The van der Waals surface area contributed by atoms with Crippen molar-refractivity contribution in [3.8, 4) is 11.3 Å². The van der Waals surface area contributed by atoms with E-state index >= 15 is 0 Å². The van der Waals surface area contributed by atoms with E-state index in [9.17, 15) is 17.6 Å². The zero-order valence-electron chi connectivity index (χ0n) is 15.4. The lowest BCUT2D eigenvalue weighted by Gasteiger charge is -2.34. The fourth-order valence-corrected chi connectivity index (χ4v) is 3.60. The molecule has 0 amide bonds. The molecule has 3 heterocycles. The molecule has 2 N–H and O–H groups in total. The Morgan fingerprint density at radius 2 is 1.76 bits per heavy atom. The highest BCUT2D eigenvalue weighted by atomic mass is 19.4. The molecule has 1 aliphatic heterocycles. The summed E-state index contributed by atoms with van der Waals surface area (Å²) in [6.45, 7) is 2.83. The third-order valence-corrected chi connectivity index (χ3v) is 5.02. The SMILES string of the molecule is Fc1ccccc1-c1[nH]ncc1C(c1ccc(C(F)(F)F)cn1)N1CCNCC1. The predicted octanol–water partition coefficient (Wildman–Crippen LogP) is 3.62. The molecule has 0 spiro atoms. The lowest BCUT2D eigenvalue weighted by molar-refractivity contribution is -0.137. The van der Waals surface area contributed by atoms with Crippen LogP contribution in [-0.2, 0) is 6.18 Å². The van der Waals surface area contributed by atoms with E-state index in [-0.39, 0.29) is 0 Å². The Bertz CT molecular complexity index is 962. The molecular formula is C20H19F4N5. The van der Waals surface area contributed by atoms with Crippen LogP contribution in [0.2, 0.25) is 0 Å². The van der Waals surface area contributed by atoms with E-state index in [2.05, 4.69) is 25.4 Å². The van der Waals surface area contributed by atoms with E-state index in [0.29, 0.717) is 35.6 Å². The van der Waals surface area contributed by atoms with Crippen molar-refractivity contribution in [1.82, 2.24) is 25.4 Å². The molecule has 1 saturated heterocycles. The van der Waals surface area contributed by atoms with E-state index in [1.54, 1.807) is 24.4 Å². The van der Waals surface area contributed by atoms with Crippen LogP contribution in [0.15, 0.2) is 48.8 Å². The fraction of sp³-hybridized carbons (Fsp3) is 0.300. The number of nitrogens with zero attached hydrogens (tertiary/aromatic N) is 3. The number of piperazine rings is 1. The van der Waals surface area contributed by atoms with Gasteiger partial charge in [0.1, 0.15) is 5.82 Å². The van der Waals surface area contributed by atoms with Crippen LogP contribution in [0.1, 0.15) is 22.9 Å². The molecule has 1 aliphatic rings. The van der Waals surface area contributed by atoms with Gasteiger partial charge in [-0.1, -0.05) is 12.1 Å². The van der Waals surface area contributed by atoms with Crippen molar-refractivity contribution < 1.29 is 17.6 Å². The van der Waals surface area contributed by atoms with Crippen LogP contribution in [0.25, 0.3) is 11.3 Å². The maximum Gasteiger partial charge on any atom is 0.417 e. The number of benzene rings is 1. The summed E-state index contributed by atoms with van der Waals surface area (Å²) in [6.07, 6.45) is -2.02. The molecule has 2 aromatic heterocycles. The molecule has 152 valence electrons. The molecule has 29 heavy (non-hydrogen) atoms. The van der Waals surface area contributed by atoms with Crippen molar-refractivity contribution in [2.45, 2.75) is 12.2 Å². The molecule has 1 atom stereocenters. The van der Waals surface area contributed by atoms with Gasteiger partial charge in [-0.05, 0) is 24.3 Å². The normalized spacial score (nSPS) is 16.7. The average Bonchev–Trinajstić information content (AvgIpc) is 3.18. The van der Waals surface area contributed by atoms with Gasteiger partial charge in [-0.2, -0.15) is 18.3 Å². The average molecular weight is 405 g/mol. The summed E-state index contributed by atoms with van der Waals surface area (Å²) in [5, 5.41) is 10.2. The minimum atomic E-state index is -4.45. The molecule has 1 aromatic carbocycles. The fourth-order valence-electron chi connectivity index (χ4n) is 3.60. The molecule has 9 heteroatoms. The standard InChI is InChI=1S/C20H19F4N5/c21-16-4-2-1-3-14(16)18-15(12-27-28-18)19(29-9-7-25-8-10-29)17-6-5-13(11-26-17)20(22,23)24/h1-6,11-12,19,25H,7-10H2,(H,27,28). The molecule has 4 rings (SSSR count). The molecule has 1 fully saturated rings. The Balaban J connectivity index is 1.79. The smallest absolute Gasteiger partial charge is 0.314 e. The van der Waals surface area contributed by atoms with Gasteiger partial charge in [0.05, 0.1) is 29.2 Å². The predicted molar refractivity (Wildman–Crippen MR) is 99.5 cm³/mol. The van der Waals surface area contributed by atoms with E-state index in [1.165, 1.54) is 12.1 Å². The maximum atomic E-state index is 14.4. The van der Waals surface area contributed by atoms with Crippen molar-refractivity contribution in [3.63, 3.8) is 0 Å². The van der Waals surface area contributed by atoms with Crippen molar-refractivity contribution >= 4 is 0 Å². The molecule has 0 saturated carbocycles. The first-order valence-corrected chi connectivity index (χ1v) is 9.21. The summed E-state index contributed by atoms with van der Waals surface area (Å²) < 4.78 is 53.3. The number of nitrogens with one attached hydrogen (secondary N) is 2. The van der Waals surface area contributed by atoms with Crippen molar-refractivity contribution in [1.29, 1.82) is 0 Å². The number of alkyl halides is 3. The first-order valence-electron chi connectivity index (χ1n) is 9.21. The summed E-state index contributed by atoms with van der Waals surface area (Å²) in [4.78, 5) is 6.23. The number of H-pyrrole nitrogens is 1. The van der Waals surface area contributed by atoms with Gasteiger partial charge >= 0.3 is 6.18 Å². The van der Waals surface area contributed by atoms with Gasteiger partial charge in [0, 0.05) is 43.5 Å². The maximum absolute atomic E-state index is 14.4. The lowest BCUT2D eigenvalue weighted by Crippen LogP contribution is -2.45. The molecule has 0 bridgehead atoms. The second-order valence-corrected chi connectivity index (χ2v) is 6.84. The summed E-state index contributed by atoms with van der Waals surface area (Å²) in [6, 6.07) is 8.28. The van der Waals surface area contributed by atoms with Crippen LogP contribution in [0.5, 0.6) is 0 Å². The Hall–Kier alpha value is -2.78. The Morgan fingerprint density at radius 3 is 2.41 bits per heavy atom.